The molecule has 19 heavy (non-hydrogen) atoms. The number of benzene rings is 2. The number of amides is 1. The average molecular weight is 271 g/mol. The Morgan fingerprint density at radius 2 is 2.00 bits per heavy atom. The van der Waals surface area contributed by atoms with Gasteiger partial charge in [-0.1, -0.05) is 23.7 Å². The van der Waals surface area contributed by atoms with Crippen LogP contribution >= 0.6 is 11.6 Å². The zero-order valence-corrected chi connectivity index (χ0v) is 10.7. The number of hydrogen-bond acceptors (Lipinski definition) is 1. The molecule has 0 bridgehead atoms. The van der Waals surface area contributed by atoms with Gasteiger partial charge in [0, 0.05) is 28.0 Å². The molecule has 0 aliphatic heterocycles. The number of H-pyrrole nitrogens is 1. The van der Waals surface area contributed by atoms with Crippen LogP contribution in [0.5, 0.6) is 0 Å². The third-order valence-electron chi connectivity index (χ3n) is 2.90. The number of aromatic nitrogens is 1. The van der Waals surface area contributed by atoms with Gasteiger partial charge in [-0.25, -0.2) is 0 Å². The van der Waals surface area contributed by atoms with Gasteiger partial charge < -0.3 is 10.3 Å². The Morgan fingerprint density at radius 3 is 2.84 bits per heavy atom. The third-order valence-corrected chi connectivity index (χ3v) is 3.13. The molecular weight excluding hydrogens is 260 g/mol. The first-order valence-electron chi connectivity index (χ1n) is 5.86. The van der Waals surface area contributed by atoms with E-state index in [9.17, 15) is 4.79 Å². The van der Waals surface area contributed by atoms with E-state index in [0.717, 1.165) is 10.9 Å². The Labute approximate surface area is 115 Å². The van der Waals surface area contributed by atoms with E-state index in [-0.39, 0.29) is 5.91 Å². The van der Waals surface area contributed by atoms with Crippen LogP contribution in [0.1, 0.15) is 10.4 Å². The minimum Gasteiger partial charge on any atom is -0.361 e. The predicted octanol–water partition coefficient (Wildman–Crippen LogP) is 4.07. The van der Waals surface area contributed by atoms with Crippen LogP contribution in [0.25, 0.3) is 10.9 Å². The van der Waals surface area contributed by atoms with Crippen LogP contribution in [0.2, 0.25) is 5.02 Å². The predicted molar refractivity (Wildman–Crippen MR) is 77.7 cm³/mol. The summed E-state index contributed by atoms with van der Waals surface area (Å²) in [5, 5.41) is 4.50. The number of anilines is 1. The summed E-state index contributed by atoms with van der Waals surface area (Å²) in [6.45, 7) is 0. The lowest BCUT2D eigenvalue weighted by atomic mass is 10.1. The molecule has 2 aromatic carbocycles. The number of carbonyl (C=O) groups excluding carboxylic acids is 1. The second kappa shape index (κ2) is 4.78. The molecule has 1 amide bonds. The molecule has 94 valence electrons. The Morgan fingerprint density at radius 1 is 1.11 bits per heavy atom. The summed E-state index contributed by atoms with van der Waals surface area (Å²) in [5.41, 5.74) is 2.23. The quantitative estimate of drug-likeness (QED) is 0.724. The molecule has 0 aliphatic rings. The molecule has 3 rings (SSSR count). The molecule has 0 radical (unpaired) electrons. The summed E-state index contributed by atoms with van der Waals surface area (Å²) in [5.74, 6) is -0.154. The van der Waals surface area contributed by atoms with Crippen LogP contribution < -0.4 is 5.32 Å². The third kappa shape index (κ3) is 2.46. The van der Waals surface area contributed by atoms with Crippen molar-refractivity contribution in [1.29, 1.82) is 0 Å². The first-order valence-corrected chi connectivity index (χ1v) is 6.24. The van der Waals surface area contributed by atoms with E-state index in [4.69, 9.17) is 11.6 Å². The highest BCUT2D eigenvalue weighted by atomic mass is 35.5. The van der Waals surface area contributed by atoms with E-state index >= 15 is 0 Å². The fraction of sp³-hybridized carbons (Fsp3) is 0. The molecule has 4 heteroatoms. The average Bonchev–Trinajstić information content (AvgIpc) is 2.85. The smallest absolute Gasteiger partial charge is 0.255 e. The molecule has 0 saturated heterocycles. The summed E-state index contributed by atoms with van der Waals surface area (Å²) in [4.78, 5) is 15.2. The highest BCUT2D eigenvalue weighted by Gasteiger charge is 2.07. The normalized spacial score (nSPS) is 10.6. The number of aromatic amines is 1. The summed E-state index contributed by atoms with van der Waals surface area (Å²) in [7, 11) is 0. The Kier molecular flexibility index (Phi) is 2.97. The number of carbonyl (C=O) groups is 1. The van der Waals surface area contributed by atoms with Gasteiger partial charge in [-0.3, -0.25) is 4.79 Å². The molecule has 0 saturated carbocycles. The molecule has 3 aromatic rings. The minimum absolute atomic E-state index is 0.154. The fourth-order valence-electron chi connectivity index (χ4n) is 1.96. The van der Waals surface area contributed by atoms with Gasteiger partial charge in [-0.2, -0.15) is 0 Å². The van der Waals surface area contributed by atoms with E-state index in [0.29, 0.717) is 16.3 Å². The standard InChI is InChI=1S/C15H11ClN2O/c16-12-2-1-3-13(9-12)18-15(19)11-5-4-10-6-7-17-14(10)8-11/h1-9,17H,(H,18,19). The zero-order chi connectivity index (χ0) is 13.2. The fourth-order valence-corrected chi connectivity index (χ4v) is 2.15. The van der Waals surface area contributed by atoms with Gasteiger partial charge in [0.05, 0.1) is 0 Å². The van der Waals surface area contributed by atoms with Crippen molar-refractivity contribution < 1.29 is 4.79 Å². The number of fused-ring (bicyclic) bond motifs is 1. The zero-order valence-electron chi connectivity index (χ0n) is 9.98. The van der Waals surface area contributed by atoms with Crippen molar-refractivity contribution in [3.63, 3.8) is 0 Å². The van der Waals surface area contributed by atoms with Crippen LogP contribution in [0.3, 0.4) is 0 Å². The minimum atomic E-state index is -0.154. The van der Waals surface area contributed by atoms with E-state index in [1.807, 2.05) is 24.4 Å². The number of rotatable bonds is 2. The number of halogens is 1. The van der Waals surface area contributed by atoms with Gasteiger partial charge in [-0.05, 0) is 41.8 Å². The van der Waals surface area contributed by atoms with Crippen molar-refractivity contribution in [2.45, 2.75) is 0 Å². The monoisotopic (exact) mass is 270 g/mol. The van der Waals surface area contributed by atoms with Crippen molar-refractivity contribution in [1.82, 2.24) is 4.98 Å². The molecule has 3 nitrogen and oxygen atoms in total. The topological polar surface area (TPSA) is 44.9 Å². The van der Waals surface area contributed by atoms with Gasteiger partial charge in [0.2, 0.25) is 0 Å². The molecule has 0 aliphatic carbocycles. The van der Waals surface area contributed by atoms with E-state index < -0.39 is 0 Å². The first-order chi connectivity index (χ1) is 9.22. The largest absolute Gasteiger partial charge is 0.361 e. The van der Waals surface area contributed by atoms with E-state index in [1.54, 1.807) is 30.3 Å². The van der Waals surface area contributed by atoms with Crippen LogP contribution in [0, 0.1) is 0 Å². The molecule has 0 atom stereocenters. The van der Waals surface area contributed by atoms with Crippen molar-refractivity contribution >= 4 is 34.1 Å². The van der Waals surface area contributed by atoms with Crippen molar-refractivity contribution in [3.05, 3.63) is 65.3 Å². The summed E-state index contributed by atoms with van der Waals surface area (Å²) in [6, 6.07) is 14.6. The van der Waals surface area contributed by atoms with Gasteiger partial charge in [0.1, 0.15) is 0 Å². The van der Waals surface area contributed by atoms with Crippen LogP contribution in [-0.2, 0) is 0 Å². The Balaban J connectivity index is 1.87. The van der Waals surface area contributed by atoms with Gasteiger partial charge in [-0.15, -0.1) is 0 Å². The maximum Gasteiger partial charge on any atom is 0.255 e. The van der Waals surface area contributed by atoms with Crippen LogP contribution in [0.4, 0.5) is 5.69 Å². The lowest BCUT2D eigenvalue weighted by molar-refractivity contribution is 0.102. The number of nitrogens with one attached hydrogen (secondary N) is 2. The summed E-state index contributed by atoms with van der Waals surface area (Å²) >= 11 is 5.88. The SMILES string of the molecule is O=C(Nc1cccc(Cl)c1)c1ccc2cc[nH]c2c1. The highest BCUT2D eigenvalue weighted by Crippen LogP contribution is 2.18. The van der Waals surface area contributed by atoms with Crippen molar-refractivity contribution in [2.24, 2.45) is 0 Å². The van der Waals surface area contributed by atoms with E-state index in [1.165, 1.54) is 0 Å². The van der Waals surface area contributed by atoms with Crippen LogP contribution in [0.15, 0.2) is 54.7 Å². The lowest BCUT2D eigenvalue weighted by Gasteiger charge is -2.05. The molecule has 2 N–H and O–H groups in total. The Hall–Kier alpha value is -2.26. The summed E-state index contributed by atoms with van der Waals surface area (Å²) < 4.78 is 0. The molecule has 1 aromatic heterocycles. The van der Waals surface area contributed by atoms with Gasteiger partial charge >= 0.3 is 0 Å². The second-order valence-electron chi connectivity index (χ2n) is 4.24. The summed E-state index contributed by atoms with van der Waals surface area (Å²) in [6.07, 6.45) is 1.85. The van der Waals surface area contributed by atoms with E-state index in [2.05, 4.69) is 10.3 Å². The van der Waals surface area contributed by atoms with Gasteiger partial charge in [0.25, 0.3) is 5.91 Å². The molecular formula is C15H11ClN2O. The lowest BCUT2D eigenvalue weighted by Crippen LogP contribution is -2.11. The number of hydrogen-bond donors (Lipinski definition) is 2. The molecule has 0 spiro atoms. The maximum absolute atomic E-state index is 12.1. The van der Waals surface area contributed by atoms with Gasteiger partial charge in [0.15, 0.2) is 0 Å². The second-order valence-corrected chi connectivity index (χ2v) is 4.68. The molecule has 0 unspecified atom stereocenters. The first kappa shape index (κ1) is 11.8. The van der Waals surface area contributed by atoms with Crippen LogP contribution in [-0.4, -0.2) is 10.9 Å². The maximum atomic E-state index is 12.1. The Bertz CT molecular complexity index is 748. The molecule has 0 fully saturated rings. The molecule has 1 heterocycles. The van der Waals surface area contributed by atoms with Crippen molar-refractivity contribution in [2.75, 3.05) is 5.32 Å². The highest BCUT2D eigenvalue weighted by molar-refractivity contribution is 6.31. The van der Waals surface area contributed by atoms with Crippen molar-refractivity contribution in [3.8, 4) is 0 Å².